The zero-order valence-corrected chi connectivity index (χ0v) is 18.1. The fourth-order valence-electron chi connectivity index (χ4n) is 2.92. The first-order chi connectivity index (χ1) is 13.7. The number of carbonyl (C=O) groups is 1. The van der Waals surface area contributed by atoms with E-state index in [4.69, 9.17) is 0 Å². The number of nitro groups is 1. The Kier molecular flexibility index (Phi) is 6.04. The van der Waals surface area contributed by atoms with Crippen LogP contribution in [0, 0.1) is 30.9 Å². The van der Waals surface area contributed by atoms with Crippen molar-refractivity contribution in [2.24, 2.45) is 0 Å². The van der Waals surface area contributed by atoms with Crippen LogP contribution in [0.1, 0.15) is 22.9 Å². The Morgan fingerprint density at radius 3 is 2.69 bits per heavy atom. The number of hydrogen-bond acceptors (Lipinski definition) is 7. The molecule has 0 atom stereocenters. The number of nitrogens with one attached hydrogen (secondary N) is 1. The molecule has 152 valence electrons. The Labute approximate surface area is 175 Å². The van der Waals surface area contributed by atoms with Gasteiger partial charge >= 0.3 is 0 Å². The van der Waals surface area contributed by atoms with Crippen LogP contribution in [0.15, 0.2) is 28.2 Å². The van der Waals surface area contributed by atoms with Crippen LogP contribution in [-0.4, -0.2) is 26.1 Å². The van der Waals surface area contributed by atoms with Crippen molar-refractivity contribution in [1.29, 1.82) is 0 Å². The van der Waals surface area contributed by atoms with E-state index in [0.29, 0.717) is 33.2 Å². The SMILES string of the molecule is CCn1c(SCC(=O)Nc2ccc([N+](=O)[O-])cc2C)nc2sc(C)c(C)c2c1=O. The highest BCUT2D eigenvalue weighted by Gasteiger charge is 2.17. The number of amides is 1. The van der Waals surface area contributed by atoms with Crippen LogP contribution in [-0.2, 0) is 11.3 Å². The number of fused-ring (bicyclic) bond motifs is 1. The lowest BCUT2D eigenvalue weighted by atomic mass is 10.2. The number of nitrogens with zero attached hydrogens (tertiary/aromatic N) is 3. The van der Waals surface area contributed by atoms with Gasteiger partial charge in [0.2, 0.25) is 5.91 Å². The van der Waals surface area contributed by atoms with Crippen molar-refractivity contribution < 1.29 is 9.72 Å². The smallest absolute Gasteiger partial charge is 0.269 e. The number of thioether (sulfide) groups is 1. The number of aryl methyl sites for hydroxylation is 3. The van der Waals surface area contributed by atoms with Gasteiger partial charge in [0.05, 0.1) is 16.1 Å². The molecule has 29 heavy (non-hydrogen) atoms. The number of non-ortho nitro benzene ring substituents is 1. The second-order valence-corrected chi connectivity index (χ2v) is 8.65. The average Bonchev–Trinajstić information content (AvgIpc) is 2.95. The molecule has 1 N–H and O–H groups in total. The van der Waals surface area contributed by atoms with Gasteiger partial charge in [0.15, 0.2) is 5.16 Å². The summed E-state index contributed by atoms with van der Waals surface area (Å²) in [6.45, 7) is 7.91. The highest BCUT2D eigenvalue weighted by molar-refractivity contribution is 7.99. The highest BCUT2D eigenvalue weighted by atomic mass is 32.2. The van der Waals surface area contributed by atoms with Crippen molar-refractivity contribution in [1.82, 2.24) is 9.55 Å². The first-order valence-electron chi connectivity index (χ1n) is 8.91. The molecule has 10 heteroatoms. The van der Waals surface area contributed by atoms with E-state index in [9.17, 15) is 19.7 Å². The Morgan fingerprint density at radius 2 is 2.07 bits per heavy atom. The van der Waals surface area contributed by atoms with Crippen LogP contribution in [0.2, 0.25) is 0 Å². The van der Waals surface area contributed by atoms with Gasteiger partial charge in [-0.2, -0.15) is 0 Å². The zero-order valence-electron chi connectivity index (χ0n) is 16.4. The predicted octanol–water partition coefficient (Wildman–Crippen LogP) is 4.04. The van der Waals surface area contributed by atoms with Crippen molar-refractivity contribution in [3.63, 3.8) is 0 Å². The summed E-state index contributed by atoms with van der Waals surface area (Å²) in [5, 5.41) is 14.7. The zero-order chi connectivity index (χ0) is 21.3. The molecule has 0 saturated heterocycles. The van der Waals surface area contributed by atoms with Gasteiger partial charge in [-0.25, -0.2) is 4.98 Å². The van der Waals surface area contributed by atoms with E-state index in [1.807, 2.05) is 20.8 Å². The van der Waals surface area contributed by atoms with Crippen molar-refractivity contribution in [3.05, 3.63) is 54.7 Å². The van der Waals surface area contributed by atoms with Crippen LogP contribution < -0.4 is 10.9 Å². The van der Waals surface area contributed by atoms with Crippen molar-refractivity contribution in [2.75, 3.05) is 11.1 Å². The second-order valence-electron chi connectivity index (χ2n) is 6.50. The summed E-state index contributed by atoms with van der Waals surface area (Å²) in [7, 11) is 0. The number of aromatic nitrogens is 2. The minimum atomic E-state index is -0.478. The quantitative estimate of drug-likeness (QED) is 0.273. The molecule has 0 radical (unpaired) electrons. The lowest BCUT2D eigenvalue weighted by Crippen LogP contribution is -2.23. The van der Waals surface area contributed by atoms with Crippen LogP contribution >= 0.6 is 23.1 Å². The summed E-state index contributed by atoms with van der Waals surface area (Å²) < 4.78 is 1.58. The first kappa shape index (κ1) is 21.0. The van der Waals surface area contributed by atoms with Crippen LogP contribution in [0.3, 0.4) is 0 Å². The molecule has 0 unspecified atom stereocenters. The molecule has 0 saturated carbocycles. The van der Waals surface area contributed by atoms with Crippen molar-refractivity contribution >= 4 is 50.6 Å². The Balaban J connectivity index is 1.79. The van der Waals surface area contributed by atoms with Crippen molar-refractivity contribution in [2.45, 2.75) is 39.4 Å². The van der Waals surface area contributed by atoms with Gasteiger partial charge < -0.3 is 5.32 Å². The van der Waals surface area contributed by atoms with E-state index in [2.05, 4.69) is 10.3 Å². The molecule has 2 aromatic heterocycles. The molecular formula is C19H20N4O4S2. The first-order valence-corrected chi connectivity index (χ1v) is 10.7. The van der Waals surface area contributed by atoms with Crippen LogP contribution in [0.25, 0.3) is 10.2 Å². The topological polar surface area (TPSA) is 107 Å². The molecule has 2 heterocycles. The maximum atomic E-state index is 12.8. The minimum Gasteiger partial charge on any atom is -0.325 e. The molecule has 1 aromatic carbocycles. The predicted molar refractivity (Wildman–Crippen MR) is 116 cm³/mol. The molecule has 1 amide bonds. The number of thiophene rings is 1. The van der Waals surface area contributed by atoms with Gasteiger partial charge in [-0.1, -0.05) is 11.8 Å². The molecule has 3 aromatic rings. The molecule has 0 fully saturated rings. The van der Waals surface area contributed by atoms with Gasteiger partial charge in [-0.15, -0.1) is 11.3 Å². The van der Waals surface area contributed by atoms with Gasteiger partial charge in [-0.05, 0) is 44.9 Å². The number of benzene rings is 1. The van der Waals surface area contributed by atoms with E-state index in [-0.39, 0.29) is 22.9 Å². The molecule has 0 aliphatic rings. The number of rotatable bonds is 6. The third kappa shape index (κ3) is 4.18. The van der Waals surface area contributed by atoms with Crippen molar-refractivity contribution in [3.8, 4) is 0 Å². The Hall–Kier alpha value is -2.72. The number of anilines is 1. The van der Waals surface area contributed by atoms with Gasteiger partial charge in [0.1, 0.15) is 4.83 Å². The molecule has 0 aliphatic heterocycles. The average molecular weight is 433 g/mol. The normalized spacial score (nSPS) is 11.0. The third-order valence-corrected chi connectivity index (χ3v) is 6.67. The highest BCUT2D eigenvalue weighted by Crippen LogP contribution is 2.28. The lowest BCUT2D eigenvalue weighted by Gasteiger charge is -2.11. The third-order valence-electron chi connectivity index (χ3n) is 4.60. The summed E-state index contributed by atoms with van der Waals surface area (Å²) in [6, 6.07) is 4.27. The summed E-state index contributed by atoms with van der Waals surface area (Å²) in [5.74, 6) is -0.208. The van der Waals surface area contributed by atoms with E-state index >= 15 is 0 Å². The summed E-state index contributed by atoms with van der Waals surface area (Å²) >= 11 is 2.67. The summed E-state index contributed by atoms with van der Waals surface area (Å²) in [4.78, 5) is 41.9. The molecule has 8 nitrogen and oxygen atoms in total. The van der Waals surface area contributed by atoms with Gasteiger partial charge in [-0.3, -0.25) is 24.3 Å². The lowest BCUT2D eigenvalue weighted by molar-refractivity contribution is -0.384. The Bertz CT molecular complexity index is 1180. The summed E-state index contributed by atoms with van der Waals surface area (Å²) in [5.41, 5.74) is 1.95. The second kappa shape index (κ2) is 8.34. The van der Waals surface area contributed by atoms with E-state index < -0.39 is 4.92 Å². The summed E-state index contributed by atoms with van der Waals surface area (Å²) in [6.07, 6.45) is 0. The van der Waals surface area contributed by atoms with Gasteiger partial charge in [0.25, 0.3) is 11.2 Å². The van der Waals surface area contributed by atoms with E-state index in [0.717, 1.165) is 10.4 Å². The van der Waals surface area contributed by atoms with Crippen LogP contribution in [0.4, 0.5) is 11.4 Å². The van der Waals surface area contributed by atoms with Gasteiger partial charge in [0, 0.05) is 29.2 Å². The van der Waals surface area contributed by atoms with Crippen LogP contribution in [0.5, 0.6) is 0 Å². The molecule has 0 spiro atoms. The standard InChI is InChI=1S/C19H20N4O4S2/c1-5-22-18(25)16-11(3)12(4)29-17(16)21-19(22)28-9-15(24)20-14-7-6-13(23(26)27)8-10(14)2/h6-8H,5,9H2,1-4H3,(H,20,24). The monoisotopic (exact) mass is 432 g/mol. The number of nitro benzene ring substituents is 1. The molecular weight excluding hydrogens is 412 g/mol. The molecule has 0 bridgehead atoms. The molecule has 0 aliphatic carbocycles. The largest absolute Gasteiger partial charge is 0.325 e. The minimum absolute atomic E-state index is 0.0270. The van der Waals surface area contributed by atoms with E-state index in [1.54, 1.807) is 11.5 Å². The fourth-order valence-corrected chi connectivity index (χ4v) is 4.85. The van der Waals surface area contributed by atoms with E-state index in [1.165, 1.54) is 41.3 Å². The Morgan fingerprint density at radius 1 is 1.34 bits per heavy atom. The number of hydrogen-bond donors (Lipinski definition) is 1. The molecule has 3 rings (SSSR count). The maximum absolute atomic E-state index is 12.8. The maximum Gasteiger partial charge on any atom is 0.269 e. The number of carbonyl (C=O) groups excluding carboxylic acids is 1. The fraction of sp³-hybridized carbons (Fsp3) is 0.316.